The molecule has 1 amide bonds. The Balaban J connectivity index is 1.50. The van der Waals surface area contributed by atoms with Crippen molar-refractivity contribution in [2.75, 3.05) is 30.3 Å². The lowest BCUT2D eigenvalue weighted by molar-refractivity contribution is -0.121. The first-order valence-electron chi connectivity index (χ1n) is 9.94. The minimum atomic E-state index is -3.45. The van der Waals surface area contributed by atoms with E-state index in [4.69, 9.17) is 9.47 Å². The summed E-state index contributed by atoms with van der Waals surface area (Å²) in [5.41, 5.74) is 2.52. The molecule has 0 unspecified atom stereocenters. The van der Waals surface area contributed by atoms with E-state index < -0.39 is 10.0 Å². The number of benzene rings is 2. The van der Waals surface area contributed by atoms with Gasteiger partial charge in [-0.3, -0.25) is 9.10 Å². The number of sulfonamides is 1. The molecule has 0 saturated carbocycles. The predicted molar refractivity (Wildman–Crippen MR) is 117 cm³/mol. The zero-order valence-electron chi connectivity index (χ0n) is 17.6. The summed E-state index contributed by atoms with van der Waals surface area (Å²) in [5, 5.41) is 2.84. The first kappa shape index (κ1) is 22.0. The highest BCUT2D eigenvalue weighted by atomic mass is 32.2. The van der Waals surface area contributed by atoms with Crippen molar-refractivity contribution in [2.45, 2.75) is 32.8 Å². The Morgan fingerprint density at radius 2 is 1.90 bits per heavy atom. The molecule has 1 atom stereocenters. The molecule has 162 valence electrons. The standard InChI is InChI=1S/C22H28N2O5S/c1-16-10-11-17(2)19(13-16)24(30(3,26)27)12-6-9-22(25)23-14-18-15-28-20-7-4-5-8-21(20)29-18/h4-5,7-8,10-11,13,18H,6,9,12,14-15H2,1-3H3,(H,23,25)/t18-/m1/s1. The molecule has 0 fully saturated rings. The Kier molecular flexibility index (Phi) is 6.87. The first-order chi connectivity index (χ1) is 14.2. The molecular formula is C22H28N2O5S. The van der Waals surface area contributed by atoms with Crippen LogP contribution >= 0.6 is 0 Å². The number of nitrogens with zero attached hydrogens (tertiary/aromatic N) is 1. The molecule has 0 spiro atoms. The van der Waals surface area contributed by atoms with Crippen molar-refractivity contribution in [3.8, 4) is 11.5 Å². The lowest BCUT2D eigenvalue weighted by Crippen LogP contribution is -2.41. The van der Waals surface area contributed by atoms with E-state index in [0.717, 1.165) is 11.1 Å². The zero-order valence-corrected chi connectivity index (χ0v) is 18.4. The fraction of sp³-hybridized carbons (Fsp3) is 0.409. The Hall–Kier alpha value is -2.74. The summed E-state index contributed by atoms with van der Waals surface area (Å²) in [5.74, 6) is 1.22. The predicted octanol–water partition coefficient (Wildman–Crippen LogP) is 2.81. The highest BCUT2D eigenvalue weighted by Gasteiger charge is 2.22. The van der Waals surface area contributed by atoms with E-state index >= 15 is 0 Å². The normalized spacial score (nSPS) is 15.5. The van der Waals surface area contributed by atoms with Crippen LogP contribution in [0.5, 0.6) is 11.5 Å². The topological polar surface area (TPSA) is 84.9 Å². The van der Waals surface area contributed by atoms with Gasteiger partial charge in [0.25, 0.3) is 0 Å². The van der Waals surface area contributed by atoms with Crippen LogP contribution in [0.4, 0.5) is 5.69 Å². The summed E-state index contributed by atoms with van der Waals surface area (Å²) in [4.78, 5) is 12.2. The molecule has 1 aliphatic heterocycles. The molecule has 1 aliphatic rings. The van der Waals surface area contributed by atoms with E-state index in [-0.39, 0.29) is 25.0 Å². The van der Waals surface area contributed by atoms with E-state index in [2.05, 4.69) is 5.32 Å². The molecule has 0 bridgehead atoms. The lowest BCUT2D eigenvalue weighted by Gasteiger charge is -2.26. The Morgan fingerprint density at radius 1 is 1.17 bits per heavy atom. The molecule has 1 N–H and O–H groups in total. The van der Waals surface area contributed by atoms with Crippen molar-refractivity contribution in [1.29, 1.82) is 0 Å². The fourth-order valence-electron chi connectivity index (χ4n) is 3.32. The van der Waals surface area contributed by atoms with Crippen molar-refractivity contribution in [1.82, 2.24) is 5.32 Å². The van der Waals surface area contributed by atoms with Crippen LogP contribution in [0.1, 0.15) is 24.0 Å². The molecule has 0 aliphatic carbocycles. The summed E-state index contributed by atoms with van der Waals surface area (Å²) in [7, 11) is -3.45. The Morgan fingerprint density at radius 3 is 2.63 bits per heavy atom. The first-order valence-corrected chi connectivity index (χ1v) is 11.8. The van der Waals surface area contributed by atoms with Gasteiger partial charge in [-0.2, -0.15) is 0 Å². The monoisotopic (exact) mass is 432 g/mol. The summed E-state index contributed by atoms with van der Waals surface area (Å²) in [6, 6.07) is 13.1. The molecule has 30 heavy (non-hydrogen) atoms. The Bertz CT molecular complexity index is 1010. The van der Waals surface area contributed by atoms with Gasteiger partial charge in [0.15, 0.2) is 11.5 Å². The molecule has 8 heteroatoms. The second kappa shape index (κ2) is 9.38. The zero-order chi connectivity index (χ0) is 21.7. The molecule has 0 saturated heterocycles. The third-order valence-electron chi connectivity index (χ3n) is 4.89. The molecule has 3 rings (SSSR count). The van der Waals surface area contributed by atoms with Crippen molar-refractivity contribution in [3.63, 3.8) is 0 Å². The number of fused-ring (bicyclic) bond motifs is 1. The number of para-hydroxylation sites is 2. The van der Waals surface area contributed by atoms with Crippen molar-refractivity contribution >= 4 is 21.6 Å². The van der Waals surface area contributed by atoms with E-state index in [1.807, 2.05) is 56.3 Å². The molecule has 1 heterocycles. The van der Waals surface area contributed by atoms with Crippen LogP contribution in [-0.2, 0) is 14.8 Å². The largest absolute Gasteiger partial charge is 0.486 e. The van der Waals surface area contributed by atoms with Gasteiger partial charge >= 0.3 is 0 Å². The van der Waals surface area contributed by atoms with E-state index in [9.17, 15) is 13.2 Å². The van der Waals surface area contributed by atoms with Crippen LogP contribution in [0.3, 0.4) is 0 Å². The van der Waals surface area contributed by atoms with Crippen molar-refractivity contribution in [2.24, 2.45) is 0 Å². The number of carbonyl (C=O) groups excluding carboxylic acids is 1. The van der Waals surface area contributed by atoms with Crippen molar-refractivity contribution in [3.05, 3.63) is 53.6 Å². The van der Waals surface area contributed by atoms with Crippen LogP contribution in [0, 0.1) is 13.8 Å². The van der Waals surface area contributed by atoms with Crippen LogP contribution in [0.2, 0.25) is 0 Å². The van der Waals surface area contributed by atoms with Gasteiger partial charge in [-0.1, -0.05) is 24.3 Å². The Labute approximate surface area is 178 Å². The van der Waals surface area contributed by atoms with Crippen LogP contribution < -0.4 is 19.1 Å². The minimum Gasteiger partial charge on any atom is -0.486 e. The number of amides is 1. The highest BCUT2D eigenvalue weighted by molar-refractivity contribution is 7.92. The second-order valence-electron chi connectivity index (χ2n) is 7.53. The van der Waals surface area contributed by atoms with Gasteiger partial charge in [-0.25, -0.2) is 8.42 Å². The third kappa shape index (κ3) is 5.66. The van der Waals surface area contributed by atoms with Crippen LogP contribution in [0.15, 0.2) is 42.5 Å². The summed E-state index contributed by atoms with van der Waals surface area (Å²) < 4.78 is 37.4. The van der Waals surface area contributed by atoms with E-state index in [1.165, 1.54) is 10.6 Å². The number of carbonyl (C=O) groups is 1. The molecule has 2 aromatic carbocycles. The highest BCUT2D eigenvalue weighted by Crippen LogP contribution is 2.30. The van der Waals surface area contributed by atoms with Crippen LogP contribution in [0.25, 0.3) is 0 Å². The maximum Gasteiger partial charge on any atom is 0.232 e. The molecule has 7 nitrogen and oxygen atoms in total. The summed E-state index contributed by atoms with van der Waals surface area (Å²) in [6.07, 6.45) is 1.57. The number of hydrogen-bond donors (Lipinski definition) is 1. The van der Waals surface area contributed by atoms with Gasteiger partial charge in [0.1, 0.15) is 12.7 Å². The average molecular weight is 433 g/mol. The quantitative estimate of drug-likeness (QED) is 0.693. The fourth-order valence-corrected chi connectivity index (χ4v) is 4.33. The van der Waals surface area contributed by atoms with Gasteiger partial charge in [0, 0.05) is 13.0 Å². The molecular weight excluding hydrogens is 404 g/mol. The molecule has 2 aromatic rings. The lowest BCUT2D eigenvalue weighted by atomic mass is 10.1. The number of hydrogen-bond acceptors (Lipinski definition) is 5. The molecule has 0 aromatic heterocycles. The van der Waals surface area contributed by atoms with Gasteiger partial charge in [-0.05, 0) is 49.6 Å². The number of ether oxygens (including phenoxy) is 2. The van der Waals surface area contributed by atoms with Gasteiger partial charge in [0.2, 0.25) is 15.9 Å². The second-order valence-corrected chi connectivity index (χ2v) is 9.44. The maximum atomic E-state index is 12.3. The minimum absolute atomic E-state index is 0.146. The van der Waals surface area contributed by atoms with Gasteiger partial charge in [0.05, 0.1) is 18.5 Å². The number of anilines is 1. The maximum absolute atomic E-state index is 12.3. The summed E-state index contributed by atoms with van der Waals surface area (Å²) in [6.45, 7) is 4.75. The average Bonchev–Trinajstić information content (AvgIpc) is 2.70. The third-order valence-corrected chi connectivity index (χ3v) is 6.07. The van der Waals surface area contributed by atoms with Gasteiger partial charge in [-0.15, -0.1) is 0 Å². The van der Waals surface area contributed by atoms with Gasteiger partial charge < -0.3 is 14.8 Å². The summed E-state index contributed by atoms with van der Waals surface area (Å²) >= 11 is 0. The SMILES string of the molecule is Cc1ccc(C)c(N(CCCC(=O)NC[C@@H]2COc3ccccc3O2)S(C)(=O)=O)c1. The number of rotatable bonds is 8. The van der Waals surface area contributed by atoms with E-state index in [0.29, 0.717) is 36.8 Å². The molecule has 0 radical (unpaired) electrons. The number of aryl methyl sites for hydroxylation is 2. The van der Waals surface area contributed by atoms with Crippen LogP contribution in [-0.4, -0.2) is 46.4 Å². The van der Waals surface area contributed by atoms with E-state index in [1.54, 1.807) is 0 Å². The van der Waals surface area contributed by atoms with Crippen molar-refractivity contribution < 1.29 is 22.7 Å². The number of nitrogens with one attached hydrogen (secondary N) is 1. The smallest absolute Gasteiger partial charge is 0.232 e.